The lowest BCUT2D eigenvalue weighted by molar-refractivity contribution is 0.129. The zero-order valence-corrected chi connectivity index (χ0v) is 13.3. The number of nitriles is 1. The van der Waals surface area contributed by atoms with Crippen LogP contribution in [0.1, 0.15) is 12.0 Å². The standard InChI is InChI=1S/C17H25N3O2/c1-21-12-13-22-17-5-2-4-16(14-17)15-20-10-8-19(9-11-20)7-3-6-18/h2,4-5,14H,3,7-13,15H2,1H3. The molecule has 0 spiro atoms. The molecule has 0 aliphatic carbocycles. The third kappa shape index (κ3) is 5.64. The molecule has 1 saturated heterocycles. The molecule has 1 heterocycles. The quantitative estimate of drug-likeness (QED) is 0.685. The molecular formula is C17H25N3O2. The maximum absolute atomic E-state index is 8.64. The van der Waals surface area contributed by atoms with Gasteiger partial charge in [-0.15, -0.1) is 0 Å². The molecule has 5 nitrogen and oxygen atoms in total. The van der Waals surface area contributed by atoms with Crippen LogP contribution in [0.5, 0.6) is 5.75 Å². The van der Waals surface area contributed by atoms with E-state index in [2.05, 4.69) is 28.0 Å². The van der Waals surface area contributed by atoms with E-state index < -0.39 is 0 Å². The summed E-state index contributed by atoms with van der Waals surface area (Å²) >= 11 is 0. The number of ether oxygens (including phenoxy) is 2. The van der Waals surface area contributed by atoms with Crippen molar-refractivity contribution in [3.8, 4) is 11.8 Å². The molecule has 0 amide bonds. The normalized spacial score (nSPS) is 16.4. The summed E-state index contributed by atoms with van der Waals surface area (Å²) in [6.07, 6.45) is 0.626. The van der Waals surface area contributed by atoms with Gasteiger partial charge in [0, 0.05) is 52.8 Å². The van der Waals surface area contributed by atoms with Crippen LogP contribution in [0.15, 0.2) is 24.3 Å². The summed E-state index contributed by atoms with van der Waals surface area (Å²) in [5, 5.41) is 8.64. The Kier molecular flexibility index (Phi) is 7.17. The molecule has 0 unspecified atom stereocenters. The van der Waals surface area contributed by atoms with Gasteiger partial charge in [-0.1, -0.05) is 12.1 Å². The number of benzene rings is 1. The van der Waals surface area contributed by atoms with Gasteiger partial charge in [0.1, 0.15) is 12.4 Å². The molecule has 1 fully saturated rings. The minimum Gasteiger partial charge on any atom is -0.491 e. The molecule has 0 atom stereocenters. The zero-order valence-electron chi connectivity index (χ0n) is 13.3. The van der Waals surface area contributed by atoms with Crippen molar-refractivity contribution < 1.29 is 9.47 Å². The molecular weight excluding hydrogens is 278 g/mol. The van der Waals surface area contributed by atoms with E-state index in [1.54, 1.807) is 7.11 Å². The maximum Gasteiger partial charge on any atom is 0.119 e. The van der Waals surface area contributed by atoms with Crippen molar-refractivity contribution in [2.45, 2.75) is 13.0 Å². The Bertz CT molecular complexity index is 479. The molecule has 120 valence electrons. The monoisotopic (exact) mass is 303 g/mol. The summed E-state index contributed by atoms with van der Waals surface area (Å²) in [5.74, 6) is 0.905. The number of piperazine rings is 1. The minimum atomic E-state index is 0.581. The van der Waals surface area contributed by atoms with Crippen LogP contribution in [0.2, 0.25) is 0 Å². The lowest BCUT2D eigenvalue weighted by atomic mass is 10.2. The van der Waals surface area contributed by atoms with Crippen molar-refractivity contribution >= 4 is 0 Å². The van der Waals surface area contributed by atoms with Gasteiger partial charge in [0.15, 0.2) is 0 Å². The van der Waals surface area contributed by atoms with Gasteiger partial charge in [0.25, 0.3) is 0 Å². The molecule has 1 aromatic carbocycles. The molecule has 2 rings (SSSR count). The molecule has 0 radical (unpaired) electrons. The third-order valence-electron chi connectivity index (χ3n) is 3.87. The topological polar surface area (TPSA) is 48.7 Å². The summed E-state index contributed by atoms with van der Waals surface area (Å²) in [4.78, 5) is 4.82. The summed E-state index contributed by atoms with van der Waals surface area (Å²) in [7, 11) is 1.68. The van der Waals surface area contributed by atoms with Gasteiger partial charge in [-0.25, -0.2) is 0 Å². The second-order valence-corrected chi connectivity index (χ2v) is 5.51. The van der Waals surface area contributed by atoms with Crippen LogP contribution < -0.4 is 4.74 Å². The number of methoxy groups -OCH3 is 1. The molecule has 0 aromatic heterocycles. The van der Waals surface area contributed by atoms with Crippen molar-refractivity contribution in [3.05, 3.63) is 29.8 Å². The summed E-state index contributed by atoms with van der Waals surface area (Å²) < 4.78 is 10.7. The fourth-order valence-electron chi connectivity index (χ4n) is 2.61. The molecule has 0 bridgehead atoms. The van der Waals surface area contributed by atoms with Crippen LogP contribution in [0.3, 0.4) is 0 Å². The second kappa shape index (κ2) is 9.42. The van der Waals surface area contributed by atoms with E-state index >= 15 is 0 Å². The minimum absolute atomic E-state index is 0.581. The van der Waals surface area contributed by atoms with Gasteiger partial charge in [-0.05, 0) is 17.7 Å². The van der Waals surface area contributed by atoms with E-state index in [1.165, 1.54) is 5.56 Å². The Morgan fingerprint density at radius 2 is 1.91 bits per heavy atom. The third-order valence-corrected chi connectivity index (χ3v) is 3.87. The van der Waals surface area contributed by atoms with Crippen LogP contribution in [0, 0.1) is 11.3 Å². The molecule has 5 heteroatoms. The first-order valence-electron chi connectivity index (χ1n) is 7.84. The summed E-state index contributed by atoms with van der Waals surface area (Å²) in [6.45, 7) is 7.24. The zero-order chi connectivity index (χ0) is 15.6. The van der Waals surface area contributed by atoms with Crippen LogP contribution in [0.4, 0.5) is 0 Å². The lowest BCUT2D eigenvalue weighted by Crippen LogP contribution is -2.46. The number of rotatable bonds is 8. The molecule has 1 aromatic rings. The Morgan fingerprint density at radius 3 is 2.64 bits per heavy atom. The van der Waals surface area contributed by atoms with Gasteiger partial charge in [-0.3, -0.25) is 9.80 Å². The van der Waals surface area contributed by atoms with E-state index in [1.807, 2.05) is 12.1 Å². The van der Waals surface area contributed by atoms with Crippen molar-refractivity contribution in [2.75, 3.05) is 53.0 Å². The predicted octanol–water partition coefficient (Wildman–Crippen LogP) is 1.74. The first kappa shape index (κ1) is 16.8. The summed E-state index contributed by atoms with van der Waals surface area (Å²) in [6, 6.07) is 10.5. The Balaban J connectivity index is 1.77. The highest BCUT2D eigenvalue weighted by Crippen LogP contribution is 2.16. The first-order chi connectivity index (χ1) is 10.8. The Labute approximate surface area is 133 Å². The van der Waals surface area contributed by atoms with Gasteiger partial charge in [0.2, 0.25) is 0 Å². The van der Waals surface area contributed by atoms with E-state index in [4.69, 9.17) is 14.7 Å². The van der Waals surface area contributed by atoms with E-state index in [0.29, 0.717) is 19.6 Å². The van der Waals surface area contributed by atoms with Crippen LogP contribution in [0.25, 0.3) is 0 Å². The van der Waals surface area contributed by atoms with Crippen LogP contribution in [-0.2, 0) is 11.3 Å². The van der Waals surface area contributed by atoms with E-state index in [9.17, 15) is 0 Å². The van der Waals surface area contributed by atoms with E-state index in [-0.39, 0.29) is 0 Å². The van der Waals surface area contributed by atoms with Gasteiger partial charge < -0.3 is 9.47 Å². The van der Waals surface area contributed by atoms with Gasteiger partial charge >= 0.3 is 0 Å². The van der Waals surface area contributed by atoms with Gasteiger partial charge in [0.05, 0.1) is 12.7 Å². The first-order valence-corrected chi connectivity index (χ1v) is 7.84. The highest BCUT2D eigenvalue weighted by molar-refractivity contribution is 5.28. The molecule has 1 aliphatic heterocycles. The largest absolute Gasteiger partial charge is 0.491 e. The van der Waals surface area contributed by atoms with Crippen LogP contribution >= 0.6 is 0 Å². The van der Waals surface area contributed by atoms with E-state index in [0.717, 1.165) is 45.0 Å². The van der Waals surface area contributed by atoms with Crippen LogP contribution in [-0.4, -0.2) is 62.8 Å². The fourth-order valence-corrected chi connectivity index (χ4v) is 2.61. The SMILES string of the molecule is COCCOc1cccc(CN2CCN(CCC#N)CC2)c1. The fraction of sp³-hybridized carbons (Fsp3) is 0.588. The van der Waals surface area contributed by atoms with Gasteiger partial charge in [-0.2, -0.15) is 5.26 Å². The molecule has 0 saturated carbocycles. The average molecular weight is 303 g/mol. The molecule has 22 heavy (non-hydrogen) atoms. The lowest BCUT2D eigenvalue weighted by Gasteiger charge is -2.34. The Hall–Kier alpha value is -1.61. The van der Waals surface area contributed by atoms with Crippen molar-refractivity contribution in [3.63, 3.8) is 0 Å². The Morgan fingerprint density at radius 1 is 1.14 bits per heavy atom. The van der Waals surface area contributed by atoms with Crippen molar-refractivity contribution in [2.24, 2.45) is 0 Å². The van der Waals surface area contributed by atoms with Crippen molar-refractivity contribution in [1.82, 2.24) is 9.80 Å². The highest BCUT2D eigenvalue weighted by Gasteiger charge is 2.16. The number of nitrogens with zero attached hydrogens (tertiary/aromatic N) is 3. The smallest absolute Gasteiger partial charge is 0.119 e. The molecule has 0 N–H and O–H groups in total. The summed E-state index contributed by atoms with van der Waals surface area (Å²) in [5.41, 5.74) is 1.28. The highest BCUT2D eigenvalue weighted by atomic mass is 16.5. The predicted molar refractivity (Wildman–Crippen MR) is 85.8 cm³/mol. The number of hydrogen-bond donors (Lipinski definition) is 0. The molecule has 1 aliphatic rings. The second-order valence-electron chi connectivity index (χ2n) is 5.51. The average Bonchev–Trinajstić information content (AvgIpc) is 2.55. The van der Waals surface area contributed by atoms with Crippen molar-refractivity contribution in [1.29, 1.82) is 5.26 Å². The maximum atomic E-state index is 8.64. The number of hydrogen-bond acceptors (Lipinski definition) is 5.